The molecular formula is C69H42N4O2. The summed E-state index contributed by atoms with van der Waals surface area (Å²) in [5.74, 6) is 1.78. The number of benzene rings is 11. The van der Waals surface area contributed by atoms with Gasteiger partial charge in [0.05, 0.1) is 22.1 Å². The van der Waals surface area contributed by atoms with Gasteiger partial charge in [0.15, 0.2) is 17.5 Å². The van der Waals surface area contributed by atoms with Crippen molar-refractivity contribution >= 4 is 65.7 Å². The smallest absolute Gasteiger partial charge is 0.164 e. The van der Waals surface area contributed by atoms with Crippen LogP contribution in [0.5, 0.6) is 0 Å². The Morgan fingerprint density at radius 3 is 1.53 bits per heavy atom. The number of hydrogen-bond donors (Lipinski definition) is 0. The summed E-state index contributed by atoms with van der Waals surface area (Å²) in [6, 6.07) is 89.3. The molecule has 0 amide bonds. The lowest BCUT2D eigenvalue weighted by atomic mass is 9.95. The average Bonchev–Trinajstić information content (AvgIpc) is 4.25. The molecule has 0 saturated heterocycles. The van der Waals surface area contributed by atoms with Crippen LogP contribution < -0.4 is 0 Å². The van der Waals surface area contributed by atoms with Crippen molar-refractivity contribution in [2.75, 3.05) is 0 Å². The van der Waals surface area contributed by atoms with Crippen molar-refractivity contribution < 1.29 is 8.83 Å². The van der Waals surface area contributed by atoms with Gasteiger partial charge >= 0.3 is 0 Å². The first-order valence-electron chi connectivity index (χ1n) is 25.2. The second-order valence-electron chi connectivity index (χ2n) is 19.1. The van der Waals surface area contributed by atoms with Crippen LogP contribution in [0.15, 0.2) is 264 Å². The Morgan fingerprint density at radius 2 is 0.747 bits per heavy atom. The van der Waals surface area contributed by atoms with Gasteiger partial charge in [-0.1, -0.05) is 194 Å². The molecule has 0 fully saturated rings. The summed E-state index contributed by atoms with van der Waals surface area (Å²) in [6.45, 7) is 0. The SMILES string of the molecule is c1ccc(-c2ccc(-c3nc(-c4ccccc4)nc(-c4cccc5oc6cc(-c7cccc(-c8ccc9oc%10ccccc%10c9c8-n8c9ccccc9c9cc(-c%10ccccc%10)ccc98)c7)ccc6c45)n3)cc2)cc1. The molecule has 4 aromatic heterocycles. The minimum absolute atomic E-state index is 0.578. The third-order valence-electron chi connectivity index (χ3n) is 14.7. The molecule has 0 aliphatic heterocycles. The third-order valence-corrected chi connectivity index (χ3v) is 14.7. The zero-order valence-corrected chi connectivity index (χ0v) is 40.4. The van der Waals surface area contributed by atoms with Gasteiger partial charge in [-0.3, -0.25) is 0 Å². The minimum atomic E-state index is 0.578. The van der Waals surface area contributed by atoms with E-state index in [1.165, 1.54) is 21.9 Å². The van der Waals surface area contributed by atoms with E-state index in [9.17, 15) is 0 Å². The molecule has 0 aliphatic carbocycles. The largest absolute Gasteiger partial charge is 0.456 e. The normalized spacial score (nSPS) is 11.7. The van der Waals surface area contributed by atoms with E-state index in [4.69, 9.17) is 23.8 Å². The van der Waals surface area contributed by atoms with Crippen molar-refractivity contribution in [2.45, 2.75) is 0 Å². The summed E-state index contributed by atoms with van der Waals surface area (Å²) < 4.78 is 15.8. The minimum Gasteiger partial charge on any atom is -0.456 e. The Kier molecular flexibility index (Phi) is 9.78. The van der Waals surface area contributed by atoms with Crippen LogP contribution in [-0.2, 0) is 0 Å². The lowest BCUT2D eigenvalue weighted by Gasteiger charge is -2.17. The first-order chi connectivity index (χ1) is 37.2. The molecule has 0 unspecified atom stereocenters. The molecule has 0 saturated carbocycles. The van der Waals surface area contributed by atoms with Gasteiger partial charge in [-0.05, 0) is 99.6 Å². The van der Waals surface area contributed by atoms with Crippen molar-refractivity contribution in [3.63, 3.8) is 0 Å². The predicted octanol–water partition coefficient (Wildman–Crippen LogP) is 18.4. The van der Waals surface area contributed by atoms with Gasteiger partial charge in [0.25, 0.3) is 0 Å². The molecule has 0 aliphatic rings. The van der Waals surface area contributed by atoms with Crippen LogP contribution >= 0.6 is 0 Å². The van der Waals surface area contributed by atoms with E-state index in [0.29, 0.717) is 17.5 Å². The third kappa shape index (κ3) is 7.14. The zero-order valence-electron chi connectivity index (χ0n) is 40.4. The molecule has 75 heavy (non-hydrogen) atoms. The maximum absolute atomic E-state index is 6.76. The molecular weight excluding hydrogens is 917 g/mol. The van der Waals surface area contributed by atoms with Gasteiger partial charge in [-0.25, -0.2) is 15.0 Å². The van der Waals surface area contributed by atoms with Crippen LogP contribution in [0.1, 0.15) is 0 Å². The lowest BCUT2D eigenvalue weighted by molar-refractivity contribution is 0.668. The molecule has 0 radical (unpaired) electrons. The number of para-hydroxylation sites is 2. The fourth-order valence-corrected chi connectivity index (χ4v) is 11.1. The van der Waals surface area contributed by atoms with Gasteiger partial charge in [-0.15, -0.1) is 0 Å². The summed E-state index contributed by atoms with van der Waals surface area (Å²) in [4.78, 5) is 15.4. The van der Waals surface area contributed by atoms with E-state index < -0.39 is 0 Å². The van der Waals surface area contributed by atoms with Gasteiger partial charge < -0.3 is 13.4 Å². The summed E-state index contributed by atoms with van der Waals surface area (Å²) in [5, 5.41) is 6.47. The first-order valence-corrected chi connectivity index (χ1v) is 25.2. The molecule has 6 heteroatoms. The number of hydrogen-bond acceptors (Lipinski definition) is 5. The summed E-state index contributed by atoms with van der Waals surface area (Å²) >= 11 is 0. The van der Waals surface area contributed by atoms with Crippen molar-refractivity contribution in [1.29, 1.82) is 0 Å². The molecule has 0 N–H and O–H groups in total. The number of nitrogens with zero attached hydrogens (tertiary/aromatic N) is 4. The Bertz CT molecular complexity index is 4690. The standard InChI is InChI=1S/C69H42N4O2/c1-4-16-43(17-5-1)45-30-32-47(33-31-45)68-70-67(46-20-8-3-9-21-46)71-69(72-68)56-26-15-29-61-64(56)55-36-34-50(42-63(55)75-61)48-22-14-23-51(40-48)52-37-39-62-65(54-25-11-13-28-60(54)74-62)66(52)73-58-27-12-10-24-53(58)57-41-49(35-38-59(57)73)44-18-6-2-7-19-44/h1-42H. The van der Waals surface area contributed by atoms with E-state index in [2.05, 4.69) is 205 Å². The molecule has 6 nitrogen and oxygen atoms in total. The summed E-state index contributed by atoms with van der Waals surface area (Å²) in [6.07, 6.45) is 0. The van der Waals surface area contributed by atoms with E-state index in [1.54, 1.807) is 0 Å². The van der Waals surface area contributed by atoms with Crippen LogP contribution in [0, 0.1) is 0 Å². The predicted molar refractivity (Wildman–Crippen MR) is 307 cm³/mol. The summed E-state index contributed by atoms with van der Waals surface area (Å²) in [5.41, 5.74) is 18.2. The van der Waals surface area contributed by atoms with Crippen LogP contribution in [0.3, 0.4) is 0 Å². The van der Waals surface area contributed by atoms with Crippen molar-refractivity contribution in [1.82, 2.24) is 19.5 Å². The lowest BCUT2D eigenvalue weighted by Crippen LogP contribution is -2.00. The molecule has 0 atom stereocenters. The maximum atomic E-state index is 6.76. The van der Waals surface area contributed by atoms with Crippen LogP contribution in [0.25, 0.3) is 150 Å². The first kappa shape index (κ1) is 42.5. The van der Waals surface area contributed by atoms with Gasteiger partial charge in [0, 0.05) is 49.2 Å². The Hall–Kier alpha value is -10.2. The number of furan rings is 2. The van der Waals surface area contributed by atoms with Gasteiger partial charge in [-0.2, -0.15) is 0 Å². The van der Waals surface area contributed by atoms with Crippen LogP contribution in [0.4, 0.5) is 0 Å². The highest BCUT2D eigenvalue weighted by atomic mass is 16.3. The van der Waals surface area contributed by atoms with E-state index >= 15 is 0 Å². The van der Waals surface area contributed by atoms with Crippen molar-refractivity contribution in [2.24, 2.45) is 0 Å². The highest BCUT2D eigenvalue weighted by Gasteiger charge is 2.23. The van der Waals surface area contributed by atoms with E-state index in [-0.39, 0.29) is 0 Å². The fourth-order valence-electron chi connectivity index (χ4n) is 11.1. The van der Waals surface area contributed by atoms with Crippen molar-refractivity contribution in [3.05, 3.63) is 255 Å². The number of fused-ring (bicyclic) bond motifs is 9. The topological polar surface area (TPSA) is 69.9 Å². The second-order valence-corrected chi connectivity index (χ2v) is 19.1. The maximum Gasteiger partial charge on any atom is 0.164 e. The Morgan fingerprint density at radius 1 is 0.253 bits per heavy atom. The number of rotatable bonds is 8. The quantitative estimate of drug-likeness (QED) is 0.152. The fraction of sp³-hybridized carbons (Fsp3) is 0. The van der Waals surface area contributed by atoms with Crippen LogP contribution in [-0.4, -0.2) is 19.5 Å². The van der Waals surface area contributed by atoms with E-state index in [0.717, 1.165) is 111 Å². The second kappa shape index (κ2) is 17.3. The molecule has 15 rings (SSSR count). The Labute approximate surface area is 431 Å². The molecule has 0 bridgehead atoms. The molecule has 11 aromatic carbocycles. The van der Waals surface area contributed by atoms with Gasteiger partial charge in [0.1, 0.15) is 22.3 Å². The molecule has 15 aromatic rings. The monoisotopic (exact) mass is 958 g/mol. The van der Waals surface area contributed by atoms with Gasteiger partial charge in [0.2, 0.25) is 0 Å². The number of aromatic nitrogens is 4. The summed E-state index contributed by atoms with van der Waals surface area (Å²) in [7, 11) is 0. The highest BCUT2D eigenvalue weighted by molar-refractivity contribution is 6.17. The van der Waals surface area contributed by atoms with Crippen molar-refractivity contribution in [3.8, 4) is 84.4 Å². The molecule has 0 spiro atoms. The molecule has 4 heterocycles. The zero-order chi connectivity index (χ0) is 49.4. The molecule has 350 valence electrons. The Balaban J connectivity index is 0.864. The van der Waals surface area contributed by atoms with E-state index in [1.807, 2.05) is 54.6 Å². The average molecular weight is 959 g/mol. The van der Waals surface area contributed by atoms with Crippen LogP contribution in [0.2, 0.25) is 0 Å². The highest BCUT2D eigenvalue weighted by Crippen LogP contribution is 2.45.